The van der Waals surface area contributed by atoms with Crippen LogP contribution in [0.5, 0.6) is 0 Å². The van der Waals surface area contributed by atoms with Crippen LogP contribution in [-0.2, 0) is 4.84 Å². The van der Waals surface area contributed by atoms with E-state index in [9.17, 15) is 14.5 Å². The summed E-state index contributed by atoms with van der Waals surface area (Å²) in [6.07, 6.45) is 0. The molecule has 1 unspecified atom stereocenters. The number of halogens is 1. The van der Waals surface area contributed by atoms with Crippen molar-refractivity contribution in [1.82, 2.24) is 0 Å². The molecule has 0 aliphatic rings. The molecule has 0 amide bonds. The van der Waals surface area contributed by atoms with Crippen LogP contribution in [0.4, 0.5) is 10.1 Å². The van der Waals surface area contributed by atoms with Gasteiger partial charge in [0.25, 0.3) is 0 Å². The quantitative estimate of drug-likeness (QED) is 0.611. The van der Waals surface area contributed by atoms with E-state index in [1.165, 1.54) is 6.07 Å². The number of nitro benzene ring substituents is 1. The Morgan fingerprint density at radius 3 is 2.80 bits per heavy atom. The Hall–Kier alpha value is -1.53. The lowest BCUT2D eigenvalue weighted by atomic mass is 10.0. The first-order valence-electron chi connectivity index (χ1n) is 4.31. The van der Waals surface area contributed by atoms with Crippen molar-refractivity contribution < 1.29 is 14.2 Å². The molecule has 0 heterocycles. The molecule has 0 aromatic heterocycles. The minimum atomic E-state index is -0.846. The summed E-state index contributed by atoms with van der Waals surface area (Å²) in [5.74, 6) is 3.93. The maximum Gasteiger partial charge on any atom is 0.304 e. The Balaban J connectivity index is 2.96. The maximum absolute atomic E-state index is 13.2. The Morgan fingerprint density at radius 1 is 1.67 bits per heavy atom. The third kappa shape index (κ3) is 2.71. The fourth-order valence-electron chi connectivity index (χ4n) is 1.22. The smallest absolute Gasteiger partial charge is 0.304 e. The summed E-state index contributed by atoms with van der Waals surface area (Å²) < 4.78 is 13.2. The number of nitrogens with two attached hydrogens (primary N) is 1. The zero-order chi connectivity index (χ0) is 11.4. The summed E-state index contributed by atoms with van der Waals surface area (Å²) >= 11 is 0. The molecule has 0 aliphatic carbocycles. The molecule has 0 radical (unpaired) electrons. The zero-order valence-electron chi connectivity index (χ0n) is 8.14. The highest BCUT2D eigenvalue weighted by atomic mass is 19.1. The highest BCUT2D eigenvalue weighted by Gasteiger charge is 2.15. The van der Waals surface area contributed by atoms with Crippen molar-refractivity contribution in [3.05, 3.63) is 39.7 Å². The van der Waals surface area contributed by atoms with Gasteiger partial charge in [-0.25, -0.2) is 5.90 Å². The molecule has 1 atom stereocenters. The first-order chi connectivity index (χ1) is 7.06. The summed E-state index contributed by atoms with van der Waals surface area (Å²) in [6.45, 7) is 2.02. The third-order valence-electron chi connectivity index (χ3n) is 2.08. The second-order valence-corrected chi connectivity index (χ2v) is 3.20. The van der Waals surface area contributed by atoms with Gasteiger partial charge < -0.3 is 4.84 Å². The standard InChI is InChI=1S/C9H11FN2O3/c1-6(5-15-11)7-2-3-9(12(13)14)8(10)4-7/h2-4,6H,5,11H2,1H3. The maximum atomic E-state index is 13.2. The van der Waals surface area contributed by atoms with Gasteiger partial charge in [0.2, 0.25) is 5.82 Å². The lowest BCUT2D eigenvalue weighted by Gasteiger charge is -2.09. The molecule has 5 nitrogen and oxygen atoms in total. The zero-order valence-corrected chi connectivity index (χ0v) is 8.14. The van der Waals surface area contributed by atoms with E-state index in [-0.39, 0.29) is 12.5 Å². The highest BCUT2D eigenvalue weighted by Crippen LogP contribution is 2.22. The van der Waals surface area contributed by atoms with E-state index in [4.69, 9.17) is 5.90 Å². The fraction of sp³-hybridized carbons (Fsp3) is 0.333. The summed E-state index contributed by atoms with van der Waals surface area (Å²) in [6, 6.07) is 3.75. The lowest BCUT2D eigenvalue weighted by molar-refractivity contribution is -0.387. The molecule has 0 aliphatic heterocycles. The van der Waals surface area contributed by atoms with Gasteiger partial charge in [-0.05, 0) is 11.6 Å². The van der Waals surface area contributed by atoms with Gasteiger partial charge in [-0.2, -0.15) is 4.39 Å². The van der Waals surface area contributed by atoms with Crippen LogP contribution in [0.2, 0.25) is 0 Å². The van der Waals surface area contributed by atoms with Gasteiger partial charge in [0.15, 0.2) is 0 Å². The molecule has 0 bridgehead atoms. The number of rotatable bonds is 4. The van der Waals surface area contributed by atoms with Crippen LogP contribution in [0.15, 0.2) is 18.2 Å². The Kier molecular flexibility index (Phi) is 3.70. The number of nitrogens with zero attached hydrogens (tertiary/aromatic N) is 1. The van der Waals surface area contributed by atoms with Gasteiger partial charge in [-0.3, -0.25) is 10.1 Å². The van der Waals surface area contributed by atoms with E-state index in [0.717, 1.165) is 12.1 Å². The SMILES string of the molecule is CC(CON)c1ccc([N+](=O)[O-])c(F)c1. The molecular weight excluding hydrogens is 203 g/mol. The van der Waals surface area contributed by atoms with Crippen molar-refractivity contribution in [2.75, 3.05) is 6.61 Å². The van der Waals surface area contributed by atoms with Crippen LogP contribution in [0.25, 0.3) is 0 Å². The third-order valence-corrected chi connectivity index (χ3v) is 2.08. The number of benzene rings is 1. The molecule has 82 valence electrons. The van der Waals surface area contributed by atoms with Crippen LogP contribution in [-0.4, -0.2) is 11.5 Å². The van der Waals surface area contributed by atoms with Crippen LogP contribution in [0.1, 0.15) is 18.4 Å². The molecule has 0 saturated heterocycles. The van der Waals surface area contributed by atoms with Gasteiger partial charge in [-0.1, -0.05) is 13.0 Å². The van der Waals surface area contributed by atoms with Crippen molar-refractivity contribution in [3.8, 4) is 0 Å². The second kappa shape index (κ2) is 4.81. The first-order valence-corrected chi connectivity index (χ1v) is 4.31. The Labute approximate surface area is 85.8 Å². The van der Waals surface area contributed by atoms with Gasteiger partial charge in [0.1, 0.15) is 0 Å². The molecule has 1 rings (SSSR count). The average Bonchev–Trinajstić information content (AvgIpc) is 2.17. The predicted octanol–water partition coefficient (Wildman–Crippen LogP) is 1.73. The Bertz CT molecular complexity index is 370. The average molecular weight is 214 g/mol. The minimum absolute atomic E-state index is 0.106. The molecule has 2 N–H and O–H groups in total. The molecule has 1 aromatic carbocycles. The van der Waals surface area contributed by atoms with E-state index in [0.29, 0.717) is 5.56 Å². The number of hydrogen-bond donors (Lipinski definition) is 1. The number of hydrogen-bond acceptors (Lipinski definition) is 4. The normalized spacial score (nSPS) is 12.5. The van der Waals surface area contributed by atoms with E-state index in [2.05, 4.69) is 4.84 Å². The molecule has 0 spiro atoms. The van der Waals surface area contributed by atoms with E-state index in [1.807, 2.05) is 0 Å². The fourth-order valence-corrected chi connectivity index (χ4v) is 1.22. The highest BCUT2D eigenvalue weighted by molar-refractivity contribution is 5.36. The summed E-state index contributed by atoms with van der Waals surface area (Å²) in [4.78, 5) is 14.0. The van der Waals surface area contributed by atoms with Gasteiger partial charge in [0.05, 0.1) is 11.5 Å². The molecule has 0 saturated carbocycles. The van der Waals surface area contributed by atoms with Crippen molar-refractivity contribution in [2.45, 2.75) is 12.8 Å². The van der Waals surface area contributed by atoms with Crippen LogP contribution < -0.4 is 5.90 Å². The molecule has 0 fully saturated rings. The first kappa shape index (κ1) is 11.5. The molecular formula is C9H11FN2O3. The lowest BCUT2D eigenvalue weighted by Crippen LogP contribution is -2.09. The van der Waals surface area contributed by atoms with Crippen molar-refractivity contribution in [2.24, 2.45) is 5.90 Å². The van der Waals surface area contributed by atoms with Gasteiger partial charge in [-0.15, -0.1) is 0 Å². The second-order valence-electron chi connectivity index (χ2n) is 3.20. The van der Waals surface area contributed by atoms with E-state index < -0.39 is 16.4 Å². The van der Waals surface area contributed by atoms with Gasteiger partial charge >= 0.3 is 5.69 Å². The predicted molar refractivity (Wildman–Crippen MR) is 51.6 cm³/mol. The minimum Gasteiger partial charge on any atom is -0.304 e. The van der Waals surface area contributed by atoms with E-state index in [1.54, 1.807) is 6.92 Å². The molecule has 15 heavy (non-hydrogen) atoms. The van der Waals surface area contributed by atoms with Crippen LogP contribution in [0, 0.1) is 15.9 Å². The Morgan fingerprint density at radius 2 is 2.33 bits per heavy atom. The summed E-state index contributed by atoms with van der Waals surface area (Å²) in [7, 11) is 0. The van der Waals surface area contributed by atoms with Crippen molar-refractivity contribution in [1.29, 1.82) is 0 Å². The van der Waals surface area contributed by atoms with Crippen LogP contribution in [0.3, 0.4) is 0 Å². The summed E-state index contributed by atoms with van der Waals surface area (Å²) in [5.41, 5.74) is 0.0863. The van der Waals surface area contributed by atoms with E-state index >= 15 is 0 Å². The van der Waals surface area contributed by atoms with Crippen LogP contribution >= 0.6 is 0 Å². The molecule has 1 aromatic rings. The summed E-state index contributed by atoms with van der Waals surface area (Å²) in [5, 5.41) is 10.3. The largest absolute Gasteiger partial charge is 0.304 e. The number of nitro groups is 1. The molecule has 6 heteroatoms. The van der Waals surface area contributed by atoms with Crippen molar-refractivity contribution >= 4 is 5.69 Å². The van der Waals surface area contributed by atoms with Crippen molar-refractivity contribution in [3.63, 3.8) is 0 Å². The topological polar surface area (TPSA) is 78.4 Å². The monoisotopic (exact) mass is 214 g/mol. The van der Waals surface area contributed by atoms with Gasteiger partial charge in [0, 0.05) is 12.0 Å².